The molecule has 114 valence electrons. The molecule has 1 aromatic carbocycles. The van der Waals surface area contributed by atoms with E-state index in [0.717, 1.165) is 23.6 Å². The van der Waals surface area contributed by atoms with E-state index in [-0.39, 0.29) is 6.04 Å². The zero-order valence-corrected chi connectivity index (χ0v) is 13.8. The third-order valence-corrected chi connectivity index (χ3v) is 3.84. The number of hydrogen-bond acceptors (Lipinski definition) is 3. The van der Waals surface area contributed by atoms with Crippen molar-refractivity contribution in [3.8, 4) is 5.75 Å². The van der Waals surface area contributed by atoms with E-state index in [9.17, 15) is 0 Å². The maximum Gasteiger partial charge on any atom is 0.122 e. The van der Waals surface area contributed by atoms with Gasteiger partial charge in [-0.2, -0.15) is 5.10 Å². The molecule has 0 aliphatic carbocycles. The van der Waals surface area contributed by atoms with E-state index in [2.05, 4.69) is 49.4 Å². The molecular weight excluding hydrogens is 262 g/mol. The molecule has 1 N–H and O–H groups in total. The van der Waals surface area contributed by atoms with Crippen molar-refractivity contribution in [2.75, 3.05) is 13.7 Å². The highest BCUT2D eigenvalue weighted by atomic mass is 16.5. The molecule has 1 aromatic heterocycles. The van der Waals surface area contributed by atoms with Gasteiger partial charge in [-0.3, -0.25) is 4.68 Å². The summed E-state index contributed by atoms with van der Waals surface area (Å²) in [5.74, 6) is 0.938. The van der Waals surface area contributed by atoms with E-state index in [4.69, 9.17) is 4.74 Å². The summed E-state index contributed by atoms with van der Waals surface area (Å²) >= 11 is 0. The smallest absolute Gasteiger partial charge is 0.122 e. The Morgan fingerprint density at radius 3 is 2.43 bits per heavy atom. The lowest BCUT2D eigenvalue weighted by Crippen LogP contribution is -2.25. The summed E-state index contributed by atoms with van der Waals surface area (Å²) < 4.78 is 7.38. The Kier molecular flexibility index (Phi) is 4.68. The van der Waals surface area contributed by atoms with Gasteiger partial charge in [-0.1, -0.05) is 13.0 Å². The highest BCUT2D eigenvalue weighted by Gasteiger charge is 2.20. The average Bonchev–Trinajstić information content (AvgIpc) is 2.77. The second-order valence-electron chi connectivity index (χ2n) is 5.50. The first-order valence-electron chi connectivity index (χ1n) is 7.37. The highest BCUT2D eigenvalue weighted by molar-refractivity contribution is 5.45. The van der Waals surface area contributed by atoms with Crippen molar-refractivity contribution in [2.24, 2.45) is 7.05 Å². The third-order valence-electron chi connectivity index (χ3n) is 3.84. The second kappa shape index (κ2) is 6.31. The lowest BCUT2D eigenvalue weighted by molar-refractivity contribution is 0.411. The van der Waals surface area contributed by atoms with E-state index < -0.39 is 0 Å². The molecule has 0 amide bonds. The van der Waals surface area contributed by atoms with Crippen LogP contribution < -0.4 is 10.1 Å². The largest absolute Gasteiger partial charge is 0.496 e. The van der Waals surface area contributed by atoms with Crippen LogP contribution >= 0.6 is 0 Å². The lowest BCUT2D eigenvalue weighted by atomic mass is 9.95. The highest BCUT2D eigenvalue weighted by Crippen LogP contribution is 2.30. The minimum atomic E-state index is 0.144. The van der Waals surface area contributed by atoms with E-state index in [1.165, 1.54) is 16.8 Å². The average molecular weight is 287 g/mol. The molecule has 0 bridgehead atoms. The maximum atomic E-state index is 5.42. The van der Waals surface area contributed by atoms with Crippen molar-refractivity contribution >= 4 is 0 Å². The summed E-state index contributed by atoms with van der Waals surface area (Å²) in [6.07, 6.45) is 0. The van der Waals surface area contributed by atoms with Crippen molar-refractivity contribution in [2.45, 2.75) is 33.7 Å². The minimum Gasteiger partial charge on any atom is -0.496 e. The first-order valence-corrected chi connectivity index (χ1v) is 7.37. The quantitative estimate of drug-likeness (QED) is 0.918. The fourth-order valence-electron chi connectivity index (χ4n) is 2.82. The predicted octanol–water partition coefficient (Wildman–Crippen LogP) is 3.05. The molecule has 2 rings (SSSR count). The summed E-state index contributed by atoms with van der Waals surface area (Å²) in [5, 5.41) is 8.05. The number of benzene rings is 1. The fourth-order valence-corrected chi connectivity index (χ4v) is 2.82. The van der Waals surface area contributed by atoms with Crippen LogP contribution in [0.25, 0.3) is 0 Å². The minimum absolute atomic E-state index is 0.144. The monoisotopic (exact) mass is 287 g/mol. The van der Waals surface area contributed by atoms with E-state index in [1.807, 2.05) is 18.7 Å². The molecule has 0 saturated carbocycles. The van der Waals surface area contributed by atoms with Crippen LogP contribution in [0.3, 0.4) is 0 Å². The summed E-state index contributed by atoms with van der Waals surface area (Å²) in [4.78, 5) is 0. The Morgan fingerprint density at radius 1 is 1.19 bits per heavy atom. The standard InChI is InChI=1S/C17H25N3O/c1-7-18-17(15-10-13(4)19-20(15)5)14-8-12(3)16(21-6)9-11(14)2/h8-10,17-18H,7H2,1-6H3. The van der Waals surface area contributed by atoms with E-state index in [0.29, 0.717) is 0 Å². The normalized spacial score (nSPS) is 12.5. The Balaban J connectivity index is 2.53. The molecular formula is C17H25N3O. The topological polar surface area (TPSA) is 39.1 Å². The number of rotatable bonds is 5. The first kappa shape index (κ1) is 15.6. The molecule has 2 aromatic rings. The van der Waals surface area contributed by atoms with Gasteiger partial charge in [-0.05, 0) is 56.1 Å². The number of aromatic nitrogens is 2. The zero-order valence-electron chi connectivity index (χ0n) is 13.8. The number of methoxy groups -OCH3 is 1. The van der Waals surface area contributed by atoms with Gasteiger partial charge >= 0.3 is 0 Å². The van der Waals surface area contributed by atoms with Gasteiger partial charge in [0, 0.05) is 7.05 Å². The van der Waals surface area contributed by atoms with Crippen LogP contribution in [0.1, 0.15) is 41.0 Å². The Bertz CT molecular complexity index is 631. The van der Waals surface area contributed by atoms with E-state index >= 15 is 0 Å². The van der Waals surface area contributed by atoms with Crippen LogP contribution in [0.4, 0.5) is 0 Å². The van der Waals surface area contributed by atoms with Crippen molar-refractivity contribution in [3.63, 3.8) is 0 Å². The van der Waals surface area contributed by atoms with Gasteiger partial charge in [0.1, 0.15) is 5.75 Å². The van der Waals surface area contributed by atoms with Crippen LogP contribution in [0, 0.1) is 20.8 Å². The third kappa shape index (κ3) is 3.10. The van der Waals surface area contributed by atoms with Crippen LogP contribution in [0.15, 0.2) is 18.2 Å². The summed E-state index contributed by atoms with van der Waals surface area (Å²) in [5.41, 5.74) is 5.88. The van der Waals surface area contributed by atoms with Crippen molar-refractivity contribution in [1.82, 2.24) is 15.1 Å². The van der Waals surface area contributed by atoms with Gasteiger partial charge in [0.25, 0.3) is 0 Å². The molecule has 0 aliphatic rings. The summed E-state index contributed by atoms with van der Waals surface area (Å²) in [6, 6.07) is 6.61. The number of ether oxygens (including phenoxy) is 1. The van der Waals surface area contributed by atoms with Gasteiger partial charge in [0.2, 0.25) is 0 Å². The van der Waals surface area contributed by atoms with Gasteiger partial charge in [-0.15, -0.1) is 0 Å². The van der Waals surface area contributed by atoms with Crippen LogP contribution in [-0.4, -0.2) is 23.4 Å². The Hall–Kier alpha value is -1.81. The Labute approximate surface area is 127 Å². The molecule has 21 heavy (non-hydrogen) atoms. The lowest BCUT2D eigenvalue weighted by Gasteiger charge is -2.22. The van der Waals surface area contributed by atoms with Crippen LogP contribution in [-0.2, 0) is 7.05 Å². The number of hydrogen-bond donors (Lipinski definition) is 1. The molecule has 0 fully saturated rings. The molecule has 4 nitrogen and oxygen atoms in total. The van der Waals surface area contributed by atoms with Crippen LogP contribution in [0.5, 0.6) is 5.75 Å². The second-order valence-corrected chi connectivity index (χ2v) is 5.50. The summed E-state index contributed by atoms with van der Waals surface area (Å²) in [7, 11) is 3.71. The zero-order chi connectivity index (χ0) is 15.6. The van der Waals surface area contributed by atoms with Crippen molar-refractivity contribution in [3.05, 3.63) is 46.3 Å². The van der Waals surface area contributed by atoms with Crippen molar-refractivity contribution in [1.29, 1.82) is 0 Å². The van der Waals surface area contributed by atoms with Gasteiger partial charge in [0.15, 0.2) is 0 Å². The summed E-state index contributed by atoms with van der Waals surface area (Å²) in [6.45, 7) is 9.27. The molecule has 0 saturated heterocycles. The van der Waals surface area contributed by atoms with Crippen molar-refractivity contribution < 1.29 is 4.74 Å². The maximum absolute atomic E-state index is 5.42. The molecule has 1 unspecified atom stereocenters. The Morgan fingerprint density at radius 2 is 1.90 bits per heavy atom. The fraction of sp³-hybridized carbons (Fsp3) is 0.471. The molecule has 0 aliphatic heterocycles. The number of nitrogens with zero attached hydrogens (tertiary/aromatic N) is 2. The molecule has 0 spiro atoms. The molecule has 4 heteroatoms. The van der Waals surface area contributed by atoms with Gasteiger partial charge < -0.3 is 10.1 Å². The van der Waals surface area contributed by atoms with Gasteiger partial charge in [0.05, 0.1) is 24.5 Å². The molecule has 0 radical (unpaired) electrons. The first-order chi connectivity index (χ1) is 9.97. The van der Waals surface area contributed by atoms with Crippen LogP contribution in [0.2, 0.25) is 0 Å². The molecule has 1 heterocycles. The number of aryl methyl sites for hydroxylation is 4. The SMILES string of the molecule is CCNC(c1cc(C)c(OC)cc1C)c1cc(C)nn1C. The van der Waals surface area contributed by atoms with Gasteiger partial charge in [-0.25, -0.2) is 0 Å². The predicted molar refractivity (Wildman–Crippen MR) is 85.9 cm³/mol. The number of nitrogens with one attached hydrogen (secondary N) is 1. The van der Waals surface area contributed by atoms with E-state index in [1.54, 1.807) is 7.11 Å². The molecule has 1 atom stereocenters.